The Morgan fingerprint density at radius 3 is 2.50 bits per heavy atom. The Kier molecular flexibility index (Phi) is 6.04. The molecule has 0 atom stereocenters. The average Bonchev–Trinajstić information content (AvgIpc) is 2.52. The number of aromatic nitrogens is 1. The smallest absolute Gasteiger partial charge is 0.370 e. The minimum atomic E-state index is -4.12. The predicted molar refractivity (Wildman–Crippen MR) is 86.0 cm³/mol. The molecule has 1 aliphatic rings. The summed E-state index contributed by atoms with van der Waals surface area (Å²) in [6.45, 7) is 0.787. The summed E-state index contributed by atoms with van der Waals surface area (Å²) in [5, 5.41) is 3.20. The van der Waals surface area contributed by atoms with Crippen LogP contribution < -0.4 is 5.32 Å². The molecule has 0 saturated carbocycles. The largest absolute Gasteiger partial charge is 0.401 e. The number of nitrogens with zero attached hydrogens (tertiary/aromatic N) is 3. The molecule has 24 heavy (non-hydrogen) atoms. The fourth-order valence-corrected chi connectivity index (χ4v) is 2.73. The van der Waals surface area contributed by atoms with E-state index >= 15 is 0 Å². The lowest BCUT2D eigenvalue weighted by atomic mass is 9.97. The first-order valence-corrected chi connectivity index (χ1v) is 7.95. The van der Waals surface area contributed by atoms with Gasteiger partial charge in [-0.3, -0.25) is 9.69 Å². The highest BCUT2D eigenvalue weighted by molar-refractivity contribution is 5.93. The Bertz CT molecular complexity index is 537. The van der Waals surface area contributed by atoms with Crippen LogP contribution in [0.3, 0.4) is 0 Å². The molecule has 0 aromatic carbocycles. The van der Waals surface area contributed by atoms with E-state index in [1.807, 2.05) is 0 Å². The van der Waals surface area contributed by atoms with Gasteiger partial charge in [0.1, 0.15) is 5.82 Å². The van der Waals surface area contributed by atoms with E-state index in [1.54, 1.807) is 26.2 Å². The van der Waals surface area contributed by atoms with Gasteiger partial charge in [0.05, 0.1) is 12.1 Å². The normalized spacial score (nSPS) is 16.9. The van der Waals surface area contributed by atoms with Crippen LogP contribution in [0.4, 0.5) is 19.0 Å². The molecule has 0 aliphatic carbocycles. The highest BCUT2D eigenvalue weighted by atomic mass is 19.4. The fourth-order valence-electron chi connectivity index (χ4n) is 2.73. The van der Waals surface area contributed by atoms with Gasteiger partial charge in [0.25, 0.3) is 5.91 Å². The van der Waals surface area contributed by atoms with Crippen molar-refractivity contribution in [2.24, 2.45) is 5.92 Å². The second kappa shape index (κ2) is 7.83. The topological polar surface area (TPSA) is 48.5 Å². The molecule has 1 aromatic heterocycles. The third kappa shape index (κ3) is 5.67. The van der Waals surface area contributed by atoms with Gasteiger partial charge < -0.3 is 10.2 Å². The van der Waals surface area contributed by atoms with Crippen molar-refractivity contribution in [2.45, 2.75) is 19.0 Å². The average molecular weight is 344 g/mol. The number of likely N-dealkylation sites (tertiary alicyclic amines) is 1. The van der Waals surface area contributed by atoms with Crippen molar-refractivity contribution in [1.82, 2.24) is 14.8 Å². The number of rotatable bonds is 5. The molecule has 1 amide bonds. The number of piperidine rings is 1. The summed E-state index contributed by atoms with van der Waals surface area (Å²) in [7, 11) is 3.36. The number of halogens is 3. The Morgan fingerprint density at radius 1 is 1.33 bits per heavy atom. The first kappa shape index (κ1) is 18.5. The van der Waals surface area contributed by atoms with E-state index in [1.165, 1.54) is 16.0 Å². The number of hydrogen-bond acceptors (Lipinski definition) is 4. The van der Waals surface area contributed by atoms with Crippen molar-refractivity contribution >= 4 is 11.7 Å². The molecule has 1 saturated heterocycles. The molecule has 2 heterocycles. The van der Waals surface area contributed by atoms with Gasteiger partial charge in [-0.1, -0.05) is 0 Å². The van der Waals surface area contributed by atoms with Gasteiger partial charge in [-0.25, -0.2) is 4.98 Å². The molecule has 1 N–H and O–H groups in total. The van der Waals surface area contributed by atoms with Crippen LogP contribution in [0.15, 0.2) is 18.3 Å². The van der Waals surface area contributed by atoms with Gasteiger partial charge in [0.15, 0.2) is 0 Å². The standard InChI is InChI=1S/C16H23F3N4O/c1-22(2)15(24)13-3-4-14(21-10-13)20-9-12-5-7-23(8-6-12)11-16(17,18)19/h3-4,10,12H,5-9,11H2,1-2H3,(H,20,21). The third-order valence-electron chi connectivity index (χ3n) is 4.10. The summed E-state index contributed by atoms with van der Waals surface area (Å²) in [5.74, 6) is 0.897. The van der Waals surface area contributed by atoms with Crippen molar-refractivity contribution < 1.29 is 18.0 Å². The van der Waals surface area contributed by atoms with Gasteiger partial charge in [-0.2, -0.15) is 13.2 Å². The second-order valence-corrected chi connectivity index (χ2v) is 6.35. The number of carbonyl (C=O) groups excluding carboxylic acids is 1. The molecule has 0 bridgehead atoms. The fraction of sp³-hybridized carbons (Fsp3) is 0.625. The van der Waals surface area contributed by atoms with E-state index in [-0.39, 0.29) is 5.91 Å². The zero-order chi connectivity index (χ0) is 17.7. The lowest BCUT2D eigenvalue weighted by molar-refractivity contribution is -0.148. The number of anilines is 1. The molecule has 0 radical (unpaired) electrons. The number of hydrogen-bond donors (Lipinski definition) is 1. The Morgan fingerprint density at radius 2 is 2.00 bits per heavy atom. The lowest BCUT2D eigenvalue weighted by Gasteiger charge is -2.32. The molecule has 1 fully saturated rings. The van der Waals surface area contributed by atoms with Crippen molar-refractivity contribution in [2.75, 3.05) is 45.6 Å². The molecule has 0 spiro atoms. The monoisotopic (exact) mass is 344 g/mol. The summed E-state index contributed by atoms with van der Waals surface area (Å²) in [6.07, 6.45) is -1.13. The second-order valence-electron chi connectivity index (χ2n) is 6.35. The quantitative estimate of drug-likeness (QED) is 0.891. The van der Waals surface area contributed by atoms with Crippen molar-refractivity contribution in [3.05, 3.63) is 23.9 Å². The van der Waals surface area contributed by atoms with Crippen molar-refractivity contribution in [3.63, 3.8) is 0 Å². The molecule has 1 aliphatic heterocycles. The molecule has 0 unspecified atom stereocenters. The maximum absolute atomic E-state index is 12.4. The van der Waals surface area contributed by atoms with Gasteiger partial charge in [-0.05, 0) is 44.0 Å². The first-order chi connectivity index (χ1) is 11.2. The maximum Gasteiger partial charge on any atom is 0.401 e. The van der Waals surface area contributed by atoms with Gasteiger partial charge in [0, 0.05) is 26.8 Å². The van der Waals surface area contributed by atoms with Crippen molar-refractivity contribution in [1.29, 1.82) is 0 Å². The SMILES string of the molecule is CN(C)C(=O)c1ccc(NCC2CCN(CC(F)(F)F)CC2)nc1. The molecule has 8 heteroatoms. The Labute approximate surface area is 139 Å². The van der Waals surface area contributed by atoms with Crippen molar-refractivity contribution in [3.8, 4) is 0 Å². The van der Waals surface area contributed by atoms with Crippen LogP contribution in [-0.4, -0.2) is 67.1 Å². The summed E-state index contributed by atoms with van der Waals surface area (Å²) in [6, 6.07) is 3.46. The third-order valence-corrected chi connectivity index (χ3v) is 4.10. The van der Waals surface area contributed by atoms with Crippen LogP contribution in [0.1, 0.15) is 23.2 Å². The highest BCUT2D eigenvalue weighted by Crippen LogP contribution is 2.22. The maximum atomic E-state index is 12.4. The summed E-state index contributed by atoms with van der Waals surface area (Å²) < 4.78 is 37.1. The van der Waals surface area contributed by atoms with Crippen LogP contribution >= 0.6 is 0 Å². The van der Waals surface area contributed by atoms with Crippen LogP contribution in [0, 0.1) is 5.92 Å². The molecule has 134 valence electrons. The number of alkyl halides is 3. The van der Waals surface area contributed by atoms with E-state index in [2.05, 4.69) is 10.3 Å². The molecular weight excluding hydrogens is 321 g/mol. The van der Waals surface area contributed by atoms with Crippen LogP contribution in [0.25, 0.3) is 0 Å². The first-order valence-electron chi connectivity index (χ1n) is 7.95. The van der Waals surface area contributed by atoms with Gasteiger partial charge in [-0.15, -0.1) is 0 Å². The number of pyridine rings is 1. The molecule has 5 nitrogen and oxygen atoms in total. The van der Waals surface area contributed by atoms with E-state index in [0.29, 0.717) is 36.9 Å². The number of carbonyl (C=O) groups is 1. The highest BCUT2D eigenvalue weighted by Gasteiger charge is 2.32. The summed E-state index contributed by atoms with van der Waals surface area (Å²) in [4.78, 5) is 18.9. The van der Waals surface area contributed by atoms with E-state index in [9.17, 15) is 18.0 Å². The molecule has 1 aromatic rings. The van der Waals surface area contributed by atoms with Gasteiger partial charge in [0.2, 0.25) is 0 Å². The molecular formula is C16H23F3N4O. The summed E-state index contributed by atoms with van der Waals surface area (Å²) >= 11 is 0. The predicted octanol–water partition coefficient (Wildman–Crippen LogP) is 2.47. The number of nitrogens with one attached hydrogen (secondary N) is 1. The van der Waals surface area contributed by atoms with E-state index in [0.717, 1.165) is 12.8 Å². The zero-order valence-corrected chi connectivity index (χ0v) is 13.9. The van der Waals surface area contributed by atoms with Crippen LogP contribution in [-0.2, 0) is 0 Å². The Hall–Kier alpha value is -1.83. The van der Waals surface area contributed by atoms with Crippen LogP contribution in [0.2, 0.25) is 0 Å². The summed E-state index contributed by atoms with van der Waals surface area (Å²) in [5.41, 5.74) is 0.519. The molecule has 2 rings (SSSR count). The van der Waals surface area contributed by atoms with Crippen LogP contribution in [0.5, 0.6) is 0 Å². The zero-order valence-electron chi connectivity index (χ0n) is 13.9. The Balaban J connectivity index is 1.76. The number of amides is 1. The minimum Gasteiger partial charge on any atom is -0.370 e. The minimum absolute atomic E-state index is 0.105. The lowest BCUT2D eigenvalue weighted by Crippen LogP contribution is -2.41. The van der Waals surface area contributed by atoms with E-state index in [4.69, 9.17) is 0 Å². The van der Waals surface area contributed by atoms with E-state index < -0.39 is 12.7 Å². The van der Waals surface area contributed by atoms with Gasteiger partial charge >= 0.3 is 6.18 Å².